The van der Waals surface area contributed by atoms with E-state index in [0.29, 0.717) is 26.9 Å². The van der Waals surface area contributed by atoms with Gasteiger partial charge in [0, 0.05) is 17.5 Å². The van der Waals surface area contributed by atoms with Crippen LogP contribution in [0.25, 0.3) is 21.5 Å². The summed E-state index contributed by atoms with van der Waals surface area (Å²) >= 11 is 3.83. The molecule has 0 spiro atoms. The van der Waals surface area contributed by atoms with Gasteiger partial charge in [-0.3, -0.25) is 14.2 Å². The van der Waals surface area contributed by atoms with E-state index in [1.54, 1.807) is 12.1 Å². The number of nitrogens with zero attached hydrogens (tertiary/aromatic N) is 4. The highest BCUT2D eigenvalue weighted by Crippen LogP contribution is 2.29. The molecule has 0 saturated heterocycles. The van der Waals surface area contributed by atoms with Crippen molar-refractivity contribution in [2.75, 3.05) is 5.75 Å². The first-order valence-electron chi connectivity index (χ1n) is 9.27. The Balaban J connectivity index is 1.55. The predicted molar refractivity (Wildman–Crippen MR) is 126 cm³/mol. The van der Waals surface area contributed by atoms with Crippen LogP contribution < -0.4 is 5.56 Å². The molecule has 3 aromatic heterocycles. The number of fused-ring (bicyclic) bond motifs is 1. The van der Waals surface area contributed by atoms with Crippen molar-refractivity contribution in [2.45, 2.75) is 17.6 Å². The van der Waals surface area contributed by atoms with Gasteiger partial charge in [0.25, 0.3) is 5.56 Å². The molecule has 0 aliphatic heterocycles. The van der Waals surface area contributed by atoms with Crippen molar-refractivity contribution in [3.05, 3.63) is 75.2 Å². The Labute approximate surface area is 190 Å². The summed E-state index contributed by atoms with van der Waals surface area (Å²) in [5.41, 5.74) is 1.52. The normalized spacial score (nSPS) is 11.8. The fourth-order valence-corrected chi connectivity index (χ4v) is 5.59. The van der Waals surface area contributed by atoms with Gasteiger partial charge in [0.2, 0.25) is 0 Å². The topological polar surface area (TPSA) is 88.6 Å². The first-order valence-corrected chi connectivity index (χ1v) is 12.0. The zero-order chi connectivity index (χ0) is 21.8. The van der Waals surface area contributed by atoms with Crippen LogP contribution in [0.2, 0.25) is 0 Å². The van der Waals surface area contributed by atoms with Crippen LogP contribution in [0.1, 0.15) is 10.9 Å². The van der Waals surface area contributed by atoms with Crippen LogP contribution >= 0.6 is 34.4 Å². The zero-order valence-corrected chi connectivity index (χ0v) is 18.7. The van der Waals surface area contributed by atoms with Gasteiger partial charge in [-0.1, -0.05) is 48.2 Å². The third kappa shape index (κ3) is 4.37. The van der Waals surface area contributed by atoms with Crippen LogP contribution in [-0.4, -0.2) is 26.1 Å². The van der Waals surface area contributed by atoms with Crippen molar-refractivity contribution in [3.63, 3.8) is 0 Å². The molecule has 0 saturated carbocycles. The molecule has 1 unspecified atom stereocenters. The number of Topliss-reactive ketones (excluding diaryl/α,β-unsaturated/α-hetero) is 1. The number of thiophene rings is 1. The summed E-state index contributed by atoms with van der Waals surface area (Å²) in [5, 5.41) is 14.8. The number of thioether (sulfide) groups is 1. The van der Waals surface area contributed by atoms with Gasteiger partial charge in [-0.25, -0.2) is 9.97 Å². The molecular formula is C22H16N4O2S3. The minimum atomic E-state index is -0.958. The molecule has 0 bridgehead atoms. The molecular weight excluding hydrogens is 448 g/mol. The quantitative estimate of drug-likeness (QED) is 0.213. The molecule has 0 aliphatic carbocycles. The minimum absolute atomic E-state index is 0.0128. The van der Waals surface area contributed by atoms with E-state index in [-0.39, 0.29) is 17.1 Å². The number of nitriles is 1. The molecule has 0 N–H and O–H groups in total. The Morgan fingerprint density at radius 1 is 1.26 bits per heavy atom. The summed E-state index contributed by atoms with van der Waals surface area (Å²) in [7, 11) is 0. The maximum absolute atomic E-state index is 12.9. The van der Waals surface area contributed by atoms with E-state index in [4.69, 9.17) is 0 Å². The average molecular weight is 465 g/mol. The van der Waals surface area contributed by atoms with Crippen molar-refractivity contribution in [1.82, 2.24) is 14.5 Å². The standard InChI is InChI=1S/C22H16N4O2S3/c1-2-9-26-21(28)15-8-10-29-19(15)25-22(26)31-13-18(27)16(11-23)20-24-17(12-30-20)14-6-4-3-5-7-14/h2-8,10,12,16H,1,9,13H2. The fraction of sp³-hybridized carbons (Fsp3) is 0.136. The molecule has 4 rings (SSSR count). The van der Waals surface area contributed by atoms with Gasteiger partial charge < -0.3 is 0 Å². The van der Waals surface area contributed by atoms with E-state index in [2.05, 4.69) is 22.6 Å². The number of benzene rings is 1. The van der Waals surface area contributed by atoms with Gasteiger partial charge in [0.1, 0.15) is 9.84 Å². The lowest BCUT2D eigenvalue weighted by atomic mass is 10.1. The summed E-state index contributed by atoms with van der Waals surface area (Å²) < 4.78 is 1.50. The Morgan fingerprint density at radius 2 is 2.06 bits per heavy atom. The van der Waals surface area contributed by atoms with Gasteiger partial charge in [-0.05, 0) is 11.4 Å². The largest absolute Gasteiger partial charge is 0.297 e. The molecule has 3 heterocycles. The average Bonchev–Trinajstić information content (AvgIpc) is 3.46. The molecule has 0 amide bonds. The highest BCUT2D eigenvalue weighted by Gasteiger charge is 2.25. The van der Waals surface area contributed by atoms with Crippen molar-refractivity contribution in [1.29, 1.82) is 5.26 Å². The van der Waals surface area contributed by atoms with E-state index in [1.807, 2.05) is 41.1 Å². The highest BCUT2D eigenvalue weighted by atomic mass is 32.2. The van der Waals surface area contributed by atoms with E-state index < -0.39 is 5.92 Å². The summed E-state index contributed by atoms with van der Waals surface area (Å²) in [6.07, 6.45) is 1.62. The Hall–Kier alpha value is -3.06. The van der Waals surface area contributed by atoms with Crippen LogP contribution in [0.15, 0.2) is 69.8 Å². The third-order valence-corrected chi connectivity index (χ3v) is 7.21. The molecule has 1 aromatic carbocycles. The van der Waals surface area contributed by atoms with Crippen molar-refractivity contribution in [3.8, 4) is 17.3 Å². The molecule has 4 aromatic rings. The van der Waals surface area contributed by atoms with E-state index >= 15 is 0 Å². The molecule has 0 radical (unpaired) electrons. The van der Waals surface area contributed by atoms with Gasteiger partial charge in [-0.15, -0.1) is 29.3 Å². The lowest BCUT2D eigenvalue weighted by molar-refractivity contribution is -0.116. The minimum Gasteiger partial charge on any atom is -0.297 e. The number of allylic oxidation sites excluding steroid dienone is 1. The van der Waals surface area contributed by atoms with Crippen molar-refractivity contribution in [2.24, 2.45) is 0 Å². The fourth-order valence-electron chi connectivity index (χ4n) is 2.98. The van der Waals surface area contributed by atoms with Crippen LogP contribution in [0.4, 0.5) is 0 Å². The van der Waals surface area contributed by atoms with Gasteiger partial charge in [0.15, 0.2) is 16.9 Å². The van der Waals surface area contributed by atoms with Crippen molar-refractivity contribution >= 4 is 50.4 Å². The maximum Gasteiger partial charge on any atom is 0.263 e. The molecule has 9 heteroatoms. The smallest absolute Gasteiger partial charge is 0.263 e. The molecule has 6 nitrogen and oxygen atoms in total. The van der Waals surface area contributed by atoms with E-state index in [9.17, 15) is 14.9 Å². The van der Waals surface area contributed by atoms with Crippen LogP contribution in [-0.2, 0) is 11.3 Å². The van der Waals surface area contributed by atoms with E-state index in [1.165, 1.54) is 27.2 Å². The predicted octanol–water partition coefficient (Wildman–Crippen LogP) is 4.74. The number of carbonyl (C=O) groups is 1. The Bertz CT molecular complexity index is 1350. The molecule has 31 heavy (non-hydrogen) atoms. The molecule has 1 atom stereocenters. The lowest BCUT2D eigenvalue weighted by Crippen LogP contribution is -2.23. The second-order valence-corrected chi connectivity index (χ2v) is 9.22. The van der Waals surface area contributed by atoms with Gasteiger partial charge in [0.05, 0.1) is 22.9 Å². The van der Waals surface area contributed by atoms with Gasteiger partial charge >= 0.3 is 0 Å². The highest BCUT2D eigenvalue weighted by molar-refractivity contribution is 7.99. The van der Waals surface area contributed by atoms with Crippen molar-refractivity contribution < 1.29 is 4.79 Å². The van der Waals surface area contributed by atoms with Gasteiger partial charge in [-0.2, -0.15) is 5.26 Å². The zero-order valence-electron chi connectivity index (χ0n) is 16.2. The number of carbonyl (C=O) groups excluding carboxylic acids is 1. The lowest BCUT2D eigenvalue weighted by Gasteiger charge is -2.10. The Kier molecular flexibility index (Phi) is 6.42. The number of hydrogen-bond acceptors (Lipinski definition) is 8. The number of thiazole rings is 1. The number of rotatable bonds is 8. The number of aromatic nitrogens is 3. The van der Waals surface area contributed by atoms with Crippen LogP contribution in [0, 0.1) is 11.3 Å². The first-order chi connectivity index (χ1) is 15.1. The first kappa shape index (κ1) is 21.2. The number of ketones is 1. The second kappa shape index (κ2) is 9.39. The molecule has 0 aliphatic rings. The SMILES string of the molecule is C=CCn1c(SCC(=O)C(C#N)c2nc(-c3ccccc3)cs2)nc2sccc2c1=O. The monoisotopic (exact) mass is 464 g/mol. The summed E-state index contributed by atoms with van der Waals surface area (Å²) in [6, 6.07) is 13.4. The molecule has 154 valence electrons. The third-order valence-electron chi connectivity index (χ3n) is 4.49. The Morgan fingerprint density at radius 3 is 2.81 bits per heavy atom. The van der Waals surface area contributed by atoms with Crippen LogP contribution in [0.3, 0.4) is 0 Å². The molecule has 0 fully saturated rings. The summed E-state index contributed by atoms with van der Waals surface area (Å²) in [6.45, 7) is 3.99. The number of hydrogen-bond donors (Lipinski definition) is 0. The van der Waals surface area contributed by atoms with Crippen LogP contribution in [0.5, 0.6) is 0 Å². The second-order valence-electron chi connectivity index (χ2n) is 6.49. The maximum atomic E-state index is 12.9. The summed E-state index contributed by atoms with van der Waals surface area (Å²) in [5.74, 6) is -1.22. The summed E-state index contributed by atoms with van der Waals surface area (Å²) in [4.78, 5) is 35.2. The van der Waals surface area contributed by atoms with E-state index in [0.717, 1.165) is 23.0 Å².